The van der Waals surface area contributed by atoms with Gasteiger partial charge in [-0.2, -0.15) is 0 Å². The summed E-state index contributed by atoms with van der Waals surface area (Å²) in [5, 5.41) is 0. The van der Waals surface area contributed by atoms with E-state index >= 15 is 0 Å². The lowest BCUT2D eigenvalue weighted by molar-refractivity contribution is 0.579. The lowest BCUT2D eigenvalue weighted by Crippen LogP contribution is -1.86. The zero-order chi connectivity index (χ0) is 8.39. The van der Waals surface area contributed by atoms with E-state index in [1.54, 1.807) is 12.5 Å². The van der Waals surface area contributed by atoms with Crippen molar-refractivity contribution in [1.29, 1.82) is 0 Å². The topological polar surface area (TPSA) is 38.9 Å². The van der Waals surface area contributed by atoms with E-state index < -0.39 is 0 Å². The molecule has 0 bridgehead atoms. The second-order valence-electron chi connectivity index (χ2n) is 2.53. The Kier molecular flexibility index (Phi) is 1.63. The molecule has 0 fully saturated rings. The fourth-order valence-corrected chi connectivity index (χ4v) is 1.07. The van der Waals surface area contributed by atoms with Crippen LogP contribution in [0.3, 0.4) is 0 Å². The fraction of sp³-hybridized carbons (Fsp3) is 0.111. The van der Waals surface area contributed by atoms with Crippen LogP contribution in [0.1, 0.15) is 5.56 Å². The molecule has 0 unspecified atom stereocenters. The van der Waals surface area contributed by atoms with Crippen molar-refractivity contribution in [2.75, 3.05) is 0 Å². The summed E-state index contributed by atoms with van der Waals surface area (Å²) in [7, 11) is 0. The van der Waals surface area contributed by atoms with Crippen molar-refractivity contribution in [2.45, 2.75) is 6.92 Å². The van der Waals surface area contributed by atoms with Gasteiger partial charge < -0.3 is 4.42 Å². The fourth-order valence-electron chi connectivity index (χ4n) is 1.07. The van der Waals surface area contributed by atoms with Crippen LogP contribution in [0.25, 0.3) is 11.5 Å². The van der Waals surface area contributed by atoms with Crippen LogP contribution < -0.4 is 0 Å². The number of furan rings is 1. The molecule has 2 rings (SSSR count). The third kappa shape index (κ3) is 1.09. The van der Waals surface area contributed by atoms with Crippen LogP contribution in [0.4, 0.5) is 0 Å². The Morgan fingerprint density at radius 3 is 3.00 bits per heavy atom. The van der Waals surface area contributed by atoms with Gasteiger partial charge >= 0.3 is 0 Å². The predicted molar refractivity (Wildman–Crippen MR) is 44.5 cm³/mol. The van der Waals surface area contributed by atoms with Gasteiger partial charge in [0.25, 0.3) is 0 Å². The minimum absolute atomic E-state index is 0.787. The average Bonchev–Trinajstić information content (AvgIpc) is 2.57. The number of rotatable bonds is 1. The smallest absolute Gasteiger partial charge is 0.152 e. The number of hydrogen-bond donors (Lipinski definition) is 0. The van der Waals surface area contributed by atoms with Crippen molar-refractivity contribution in [1.82, 2.24) is 9.97 Å². The molecule has 2 aromatic rings. The molecule has 0 radical (unpaired) electrons. The third-order valence-corrected chi connectivity index (χ3v) is 1.65. The first kappa shape index (κ1) is 7.03. The molecule has 2 aromatic heterocycles. The molecule has 0 atom stereocenters. The van der Waals surface area contributed by atoms with Gasteiger partial charge in [-0.15, -0.1) is 0 Å². The second-order valence-corrected chi connectivity index (χ2v) is 2.53. The molecule has 0 saturated carbocycles. The highest BCUT2D eigenvalue weighted by Crippen LogP contribution is 2.19. The molecule has 0 spiro atoms. The maximum Gasteiger partial charge on any atom is 0.152 e. The minimum atomic E-state index is 0.787. The quantitative estimate of drug-likeness (QED) is 0.640. The van der Waals surface area contributed by atoms with Crippen LogP contribution >= 0.6 is 0 Å². The Balaban J connectivity index is 2.55. The average molecular weight is 160 g/mol. The van der Waals surface area contributed by atoms with Gasteiger partial charge in [-0.3, -0.25) is 0 Å². The molecular formula is C9H8N2O. The number of nitrogens with zero attached hydrogens (tertiary/aromatic N) is 2. The lowest BCUT2D eigenvalue weighted by Gasteiger charge is -1.97. The summed E-state index contributed by atoms with van der Waals surface area (Å²) in [6, 6.07) is 3.73. The first-order valence-corrected chi connectivity index (χ1v) is 3.68. The van der Waals surface area contributed by atoms with Crippen molar-refractivity contribution < 1.29 is 4.42 Å². The maximum absolute atomic E-state index is 5.21. The van der Waals surface area contributed by atoms with Crippen molar-refractivity contribution in [3.63, 3.8) is 0 Å². The van der Waals surface area contributed by atoms with Crippen LogP contribution in [0.5, 0.6) is 0 Å². The SMILES string of the molecule is Cc1cncnc1-c1ccco1. The van der Waals surface area contributed by atoms with Crippen molar-refractivity contribution in [3.05, 3.63) is 36.5 Å². The minimum Gasteiger partial charge on any atom is -0.463 e. The molecule has 0 saturated heterocycles. The standard InChI is InChI=1S/C9H8N2O/c1-7-5-10-6-11-9(7)8-3-2-4-12-8/h2-6H,1H3. The van der Waals surface area contributed by atoms with E-state index in [0.717, 1.165) is 17.0 Å². The second kappa shape index (κ2) is 2.77. The van der Waals surface area contributed by atoms with Gasteiger partial charge in [-0.25, -0.2) is 9.97 Å². The first-order chi connectivity index (χ1) is 5.88. The molecule has 2 heterocycles. The van der Waals surface area contributed by atoms with E-state index in [1.807, 2.05) is 19.1 Å². The van der Waals surface area contributed by atoms with Gasteiger partial charge in [-0.1, -0.05) is 0 Å². The van der Waals surface area contributed by atoms with Crippen molar-refractivity contribution >= 4 is 0 Å². The van der Waals surface area contributed by atoms with Gasteiger partial charge in [0.05, 0.1) is 6.26 Å². The van der Waals surface area contributed by atoms with E-state index in [9.17, 15) is 0 Å². The number of hydrogen-bond acceptors (Lipinski definition) is 3. The zero-order valence-electron chi connectivity index (χ0n) is 6.69. The van der Waals surface area contributed by atoms with Crippen molar-refractivity contribution in [3.8, 4) is 11.5 Å². The number of aromatic nitrogens is 2. The Morgan fingerprint density at radius 2 is 2.33 bits per heavy atom. The molecule has 12 heavy (non-hydrogen) atoms. The molecule has 3 nitrogen and oxygen atoms in total. The summed E-state index contributed by atoms with van der Waals surface area (Å²) < 4.78 is 5.21. The van der Waals surface area contributed by atoms with Crippen LogP contribution in [-0.2, 0) is 0 Å². The molecule has 0 aliphatic carbocycles. The predicted octanol–water partition coefficient (Wildman–Crippen LogP) is 2.05. The highest BCUT2D eigenvalue weighted by Gasteiger charge is 2.04. The summed E-state index contributed by atoms with van der Waals surface area (Å²) in [5.41, 5.74) is 1.88. The summed E-state index contributed by atoms with van der Waals surface area (Å²) in [5.74, 6) is 0.787. The normalized spacial score (nSPS) is 10.1. The molecule has 0 aromatic carbocycles. The van der Waals surface area contributed by atoms with Crippen molar-refractivity contribution in [2.24, 2.45) is 0 Å². The number of aryl methyl sites for hydroxylation is 1. The van der Waals surface area contributed by atoms with E-state index in [1.165, 1.54) is 6.33 Å². The maximum atomic E-state index is 5.21. The molecule has 3 heteroatoms. The molecule has 0 amide bonds. The third-order valence-electron chi connectivity index (χ3n) is 1.65. The van der Waals surface area contributed by atoms with Crippen LogP contribution in [0, 0.1) is 6.92 Å². The Hall–Kier alpha value is -1.64. The molecular weight excluding hydrogens is 152 g/mol. The van der Waals surface area contributed by atoms with Crippen LogP contribution in [-0.4, -0.2) is 9.97 Å². The molecule has 0 aliphatic rings. The summed E-state index contributed by atoms with van der Waals surface area (Å²) in [6.45, 7) is 1.96. The zero-order valence-corrected chi connectivity index (χ0v) is 6.69. The van der Waals surface area contributed by atoms with Gasteiger partial charge in [0, 0.05) is 6.20 Å². The Morgan fingerprint density at radius 1 is 1.42 bits per heavy atom. The van der Waals surface area contributed by atoms with Gasteiger partial charge in [0.2, 0.25) is 0 Å². The Labute approximate surface area is 70.1 Å². The molecule has 0 N–H and O–H groups in total. The highest BCUT2D eigenvalue weighted by atomic mass is 16.3. The first-order valence-electron chi connectivity index (χ1n) is 3.68. The summed E-state index contributed by atoms with van der Waals surface area (Å²) >= 11 is 0. The monoisotopic (exact) mass is 160 g/mol. The van der Waals surface area contributed by atoms with E-state index in [0.29, 0.717) is 0 Å². The van der Waals surface area contributed by atoms with Gasteiger partial charge in [-0.05, 0) is 24.6 Å². The van der Waals surface area contributed by atoms with E-state index in [4.69, 9.17) is 4.42 Å². The summed E-state index contributed by atoms with van der Waals surface area (Å²) in [4.78, 5) is 8.02. The van der Waals surface area contributed by atoms with E-state index in [-0.39, 0.29) is 0 Å². The van der Waals surface area contributed by atoms with E-state index in [2.05, 4.69) is 9.97 Å². The van der Waals surface area contributed by atoms with Crippen LogP contribution in [0.15, 0.2) is 35.3 Å². The molecule has 60 valence electrons. The molecule has 0 aliphatic heterocycles. The van der Waals surface area contributed by atoms with Gasteiger partial charge in [0.15, 0.2) is 5.76 Å². The highest BCUT2D eigenvalue weighted by molar-refractivity contribution is 5.55. The van der Waals surface area contributed by atoms with Crippen LogP contribution in [0.2, 0.25) is 0 Å². The lowest BCUT2D eigenvalue weighted by atomic mass is 10.2. The van der Waals surface area contributed by atoms with Gasteiger partial charge in [0.1, 0.15) is 12.0 Å². The summed E-state index contributed by atoms with van der Waals surface area (Å²) in [6.07, 6.45) is 4.92. The largest absolute Gasteiger partial charge is 0.463 e. The Bertz CT molecular complexity index is 368.